The molecule has 0 spiro atoms. The third-order valence-electron chi connectivity index (χ3n) is 5.92. The predicted molar refractivity (Wildman–Crippen MR) is 134 cm³/mol. The van der Waals surface area contributed by atoms with E-state index in [1.54, 1.807) is 10.9 Å². The summed E-state index contributed by atoms with van der Waals surface area (Å²) in [7, 11) is 4.08. The second-order valence-corrected chi connectivity index (χ2v) is 8.42. The predicted octanol–water partition coefficient (Wildman–Crippen LogP) is 3.62. The maximum atomic E-state index is 5.86. The number of nitrogens with two attached hydrogens (primary N) is 1. The highest BCUT2D eigenvalue weighted by Gasteiger charge is 2.16. The fourth-order valence-corrected chi connectivity index (χ4v) is 4.07. The molecule has 4 aromatic rings. The van der Waals surface area contributed by atoms with Crippen molar-refractivity contribution in [2.75, 3.05) is 49.2 Å². The summed E-state index contributed by atoms with van der Waals surface area (Å²) in [5, 5.41) is 8.03. The van der Waals surface area contributed by atoms with Gasteiger partial charge in [-0.15, -0.1) is 0 Å². The van der Waals surface area contributed by atoms with Crippen LogP contribution >= 0.6 is 0 Å². The van der Waals surface area contributed by atoms with Crippen LogP contribution in [0.1, 0.15) is 0 Å². The summed E-state index contributed by atoms with van der Waals surface area (Å²) in [5.74, 6) is 0.551. The Hall–Kier alpha value is -3.91. The molecule has 8 heteroatoms. The lowest BCUT2D eigenvalue weighted by atomic mass is 10.1. The van der Waals surface area contributed by atoms with Gasteiger partial charge in [-0.1, -0.05) is 18.2 Å². The summed E-state index contributed by atoms with van der Waals surface area (Å²) in [6, 6.07) is 18.1. The van der Waals surface area contributed by atoms with Crippen LogP contribution in [0.3, 0.4) is 0 Å². The molecule has 8 nitrogen and oxygen atoms in total. The van der Waals surface area contributed by atoms with E-state index in [-0.39, 0.29) is 0 Å². The third-order valence-corrected chi connectivity index (χ3v) is 5.92. The number of aromatic nitrogens is 4. The van der Waals surface area contributed by atoms with E-state index in [1.165, 1.54) is 5.69 Å². The first-order valence-electron chi connectivity index (χ1n) is 11.1. The molecule has 0 bridgehead atoms. The number of benzene rings is 2. The van der Waals surface area contributed by atoms with Gasteiger partial charge in [0, 0.05) is 73.8 Å². The van der Waals surface area contributed by atoms with Crippen LogP contribution in [0.2, 0.25) is 0 Å². The molecule has 3 heterocycles. The average Bonchev–Trinajstić information content (AvgIpc) is 3.22. The summed E-state index contributed by atoms with van der Waals surface area (Å²) in [5.41, 5.74) is 12.4. The molecule has 0 radical (unpaired) electrons. The van der Waals surface area contributed by atoms with Gasteiger partial charge in [0.15, 0.2) is 0 Å². The minimum Gasteiger partial charge on any atom is -0.399 e. The summed E-state index contributed by atoms with van der Waals surface area (Å²) in [4.78, 5) is 14.0. The van der Waals surface area contributed by atoms with Crippen LogP contribution < -0.4 is 16.0 Å². The smallest absolute Gasteiger partial charge is 0.227 e. The molecule has 1 fully saturated rings. The first-order chi connectivity index (χ1) is 16.0. The number of anilines is 4. The lowest BCUT2D eigenvalue weighted by Gasteiger charge is -2.34. The maximum absolute atomic E-state index is 5.86. The minimum absolute atomic E-state index is 0.551. The van der Waals surface area contributed by atoms with Gasteiger partial charge in [0.25, 0.3) is 0 Å². The average molecular weight is 441 g/mol. The Morgan fingerprint density at radius 2 is 1.73 bits per heavy atom. The summed E-state index contributed by atoms with van der Waals surface area (Å²) >= 11 is 0. The molecule has 1 saturated heterocycles. The van der Waals surface area contributed by atoms with E-state index >= 15 is 0 Å². The zero-order valence-corrected chi connectivity index (χ0v) is 18.9. The van der Waals surface area contributed by atoms with Crippen molar-refractivity contribution < 1.29 is 0 Å². The quantitative estimate of drug-likeness (QED) is 0.458. The molecule has 3 N–H and O–H groups in total. The highest BCUT2D eigenvalue weighted by Crippen LogP contribution is 2.31. The van der Waals surface area contributed by atoms with E-state index in [1.807, 2.05) is 49.6 Å². The van der Waals surface area contributed by atoms with Gasteiger partial charge >= 0.3 is 0 Å². The van der Waals surface area contributed by atoms with Gasteiger partial charge in [-0.25, -0.2) is 9.97 Å². The highest BCUT2D eigenvalue weighted by molar-refractivity contribution is 5.79. The van der Waals surface area contributed by atoms with Crippen molar-refractivity contribution in [3.05, 3.63) is 67.0 Å². The standard InChI is InChI=1S/C25H28N8/c1-31-12-14-33(15-13-31)21-5-3-4-20(16-21)28-25-27-11-10-23(29-25)22-17-32(2)30-24(22)18-6-8-19(26)9-7-18/h3-11,16-17H,12-15,26H2,1-2H3,(H,27,28,29). The number of piperazine rings is 1. The number of likely N-dealkylation sites (N-methyl/N-ethyl adjacent to an activating group) is 1. The van der Waals surface area contributed by atoms with Crippen LogP contribution in [0.4, 0.5) is 23.0 Å². The molecular formula is C25H28N8. The van der Waals surface area contributed by atoms with Gasteiger partial charge in [-0.2, -0.15) is 5.10 Å². The van der Waals surface area contributed by atoms with Crippen molar-refractivity contribution in [2.45, 2.75) is 0 Å². The van der Waals surface area contributed by atoms with E-state index in [4.69, 9.17) is 10.7 Å². The van der Waals surface area contributed by atoms with Gasteiger partial charge in [-0.05, 0) is 43.4 Å². The molecule has 0 atom stereocenters. The van der Waals surface area contributed by atoms with E-state index in [0.717, 1.165) is 60.1 Å². The second-order valence-electron chi connectivity index (χ2n) is 8.42. The van der Waals surface area contributed by atoms with Crippen molar-refractivity contribution in [1.29, 1.82) is 0 Å². The number of hydrogen-bond acceptors (Lipinski definition) is 7. The molecule has 5 rings (SSSR count). The topological polar surface area (TPSA) is 88.1 Å². The molecule has 0 amide bonds. The van der Waals surface area contributed by atoms with Crippen LogP contribution in [0, 0.1) is 0 Å². The van der Waals surface area contributed by atoms with Gasteiger partial charge in [-0.3, -0.25) is 4.68 Å². The first kappa shape index (κ1) is 21.0. The van der Waals surface area contributed by atoms with Crippen LogP contribution in [0.5, 0.6) is 0 Å². The molecule has 0 saturated carbocycles. The maximum Gasteiger partial charge on any atom is 0.227 e. The number of hydrogen-bond donors (Lipinski definition) is 2. The van der Waals surface area contributed by atoms with Crippen molar-refractivity contribution in [2.24, 2.45) is 7.05 Å². The Balaban J connectivity index is 1.40. The lowest BCUT2D eigenvalue weighted by Crippen LogP contribution is -2.44. The molecule has 2 aromatic heterocycles. The lowest BCUT2D eigenvalue weighted by molar-refractivity contribution is 0.313. The molecule has 1 aliphatic rings. The molecule has 0 aliphatic carbocycles. The van der Waals surface area contributed by atoms with Crippen molar-refractivity contribution in [1.82, 2.24) is 24.6 Å². The molecule has 1 aliphatic heterocycles. The largest absolute Gasteiger partial charge is 0.399 e. The Morgan fingerprint density at radius 1 is 0.939 bits per heavy atom. The molecular weight excluding hydrogens is 412 g/mol. The Morgan fingerprint density at radius 3 is 2.52 bits per heavy atom. The Kier molecular flexibility index (Phi) is 5.66. The molecule has 33 heavy (non-hydrogen) atoms. The fraction of sp³-hybridized carbons (Fsp3) is 0.240. The number of nitrogen functional groups attached to an aromatic ring is 1. The van der Waals surface area contributed by atoms with Crippen molar-refractivity contribution in [3.63, 3.8) is 0 Å². The van der Waals surface area contributed by atoms with Crippen LogP contribution in [0.15, 0.2) is 67.0 Å². The number of rotatable bonds is 5. The van der Waals surface area contributed by atoms with Crippen LogP contribution in [-0.4, -0.2) is 57.9 Å². The van der Waals surface area contributed by atoms with Gasteiger partial charge in [0.05, 0.1) is 5.69 Å². The fourth-order valence-electron chi connectivity index (χ4n) is 4.07. The van der Waals surface area contributed by atoms with Crippen LogP contribution in [-0.2, 0) is 7.05 Å². The number of aryl methyl sites for hydroxylation is 1. The molecule has 0 unspecified atom stereocenters. The SMILES string of the molecule is CN1CCN(c2cccc(Nc3nccc(-c4cn(C)nc4-c4ccc(N)cc4)n3)c2)CC1. The van der Waals surface area contributed by atoms with Crippen molar-refractivity contribution in [3.8, 4) is 22.5 Å². The monoisotopic (exact) mass is 440 g/mol. The molecule has 2 aromatic carbocycles. The normalized spacial score (nSPS) is 14.4. The van der Waals surface area contributed by atoms with E-state index in [9.17, 15) is 0 Å². The molecule has 168 valence electrons. The van der Waals surface area contributed by atoms with Gasteiger partial charge in [0.1, 0.15) is 5.69 Å². The number of nitrogens with zero attached hydrogens (tertiary/aromatic N) is 6. The highest BCUT2D eigenvalue weighted by atomic mass is 15.3. The summed E-state index contributed by atoms with van der Waals surface area (Å²) in [6.45, 7) is 4.20. The number of nitrogens with one attached hydrogen (secondary N) is 1. The first-order valence-corrected chi connectivity index (χ1v) is 11.1. The van der Waals surface area contributed by atoms with Crippen LogP contribution in [0.25, 0.3) is 22.5 Å². The van der Waals surface area contributed by atoms with E-state index < -0.39 is 0 Å². The van der Waals surface area contributed by atoms with Crippen molar-refractivity contribution >= 4 is 23.0 Å². The summed E-state index contributed by atoms with van der Waals surface area (Å²) < 4.78 is 1.80. The zero-order valence-electron chi connectivity index (χ0n) is 18.9. The Labute approximate surface area is 193 Å². The van der Waals surface area contributed by atoms with E-state index in [0.29, 0.717) is 5.95 Å². The Bertz CT molecular complexity index is 1240. The summed E-state index contributed by atoms with van der Waals surface area (Å²) in [6.07, 6.45) is 3.75. The van der Waals surface area contributed by atoms with Gasteiger partial charge < -0.3 is 20.9 Å². The second kappa shape index (κ2) is 8.91. The van der Waals surface area contributed by atoms with E-state index in [2.05, 4.69) is 50.4 Å². The van der Waals surface area contributed by atoms with Gasteiger partial charge in [0.2, 0.25) is 5.95 Å². The zero-order chi connectivity index (χ0) is 22.8. The minimum atomic E-state index is 0.551. The third kappa shape index (κ3) is 4.65.